The summed E-state index contributed by atoms with van der Waals surface area (Å²) in [6, 6.07) is 8.23. The second-order valence-corrected chi connectivity index (χ2v) is 6.62. The van der Waals surface area contributed by atoms with Crippen LogP contribution in [0.1, 0.15) is 19.8 Å². The van der Waals surface area contributed by atoms with Gasteiger partial charge in [0, 0.05) is 53.0 Å². The first-order valence-corrected chi connectivity index (χ1v) is 9.84. The number of ether oxygens (including phenoxy) is 1. The zero-order valence-electron chi connectivity index (χ0n) is 16.9. The molecule has 27 heavy (non-hydrogen) atoms. The second-order valence-electron chi connectivity index (χ2n) is 6.62. The van der Waals surface area contributed by atoms with E-state index in [9.17, 15) is 0 Å². The molecule has 0 saturated heterocycles. The van der Waals surface area contributed by atoms with E-state index in [1.54, 1.807) is 7.11 Å². The molecule has 0 atom stereocenters. The Balaban J connectivity index is 1.71. The molecule has 1 heterocycles. The minimum absolute atomic E-state index is 0.783. The number of imidazole rings is 1. The second kappa shape index (κ2) is 12.3. The fourth-order valence-corrected chi connectivity index (χ4v) is 2.92. The van der Waals surface area contributed by atoms with Crippen molar-refractivity contribution in [2.24, 2.45) is 4.99 Å². The molecule has 0 spiro atoms. The lowest BCUT2D eigenvalue weighted by Gasteiger charge is -2.18. The van der Waals surface area contributed by atoms with E-state index in [1.807, 2.05) is 18.5 Å². The number of methoxy groups -OCH3 is 1. The molecule has 7 nitrogen and oxygen atoms in total. The van der Waals surface area contributed by atoms with Crippen LogP contribution in [0.5, 0.6) is 0 Å². The predicted octanol–water partition coefficient (Wildman–Crippen LogP) is 1.95. The maximum atomic E-state index is 5.10. The monoisotopic (exact) mass is 374 g/mol. The fourth-order valence-electron chi connectivity index (χ4n) is 2.92. The predicted molar refractivity (Wildman–Crippen MR) is 112 cm³/mol. The zero-order valence-corrected chi connectivity index (χ0v) is 16.9. The number of nitrogens with zero attached hydrogens (tertiary/aromatic N) is 4. The van der Waals surface area contributed by atoms with Crippen LogP contribution in [0.15, 0.2) is 35.6 Å². The molecule has 150 valence electrons. The number of hydrogen-bond acceptors (Lipinski definition) is 4. The molecule has 2 N–H and O–H groups in total. The summed E-state index contributed by atoms with van der Waals surface area (Å²) >= 11 is 0. The van der Waals surface area contributed by atoms with Crippen molar-refractivity contribution in [3.8, 4) is 0 Å². The Labute approximate surface area is 162 Å². The van der Waals surface area contributed by atoms with Crippen LogP contribution in [0.2, 0.25) is 0 Å². The van der Waals surface area contributed by atoms with E-state index < -0.39 is 0 Å². The van der Waals surface area contributed by atoms with E-state index in [2.05, 4.69) is 56.2 Å². The molecule has 0 unspecified atom stereocenters. The van der Waals surface area contributed by atoms with Gasteiger partial charge in [-0.1, -0.05) is 12.1 Å². The summed E-state index contributed by atoms with van der Waals surface area (Å²) in [6.07, 6.45) is 3.95. The van der Waals surface area contributed by atoms with Gasteiger partial charge in [0.15, 0.2) is 5.96 Å². The van der Waals surface area contributed by atoms with Gasteiger partial charge < -0.3 is 24.8 Å². The number of aliphatic imine (C=N–C) groups is 1. The van der Waals surface area contributed by atoms with Crippen LogP contribution < -0.4 is 10.6 Å². The fraction of sp³-hybridized carbons (Fsp3) is 0.600. The summed E-state index contributed by atoms with van der Waals surface area (Å²) in [5, 5.41) is 6.73. The van der Waals surface area contributed by atoms with Crippen LogP contribution in [0.25, 0.3) is 11.0 Å². The first-order chi connectivity index (χ1) is 13.2. The van der Waals surface area contributed by atoms with Gasteiger partial charge in [0.05, 0.1) is 17.4 Å². The van der Waals surface area contributed by atoms with Crippen molar-refractivity contribution in [2.45, 2.75) is 26.3 Å². The molecule has 0 radical (unpaired) electrons. The number of likely N-dealkylation sites (N-methyl/N-ethyl adjacent to an activating group) is 1. The number of fused-ring (bicyclic) bond motifs is 1. The van der Waals surface area contributed by atoms with Gasteiger partial charge in [0.2, 0.25) is 0 Å². The Morgan fingerprint density at radius 3 is 2.89 bits per heavy atom. The highest BCUT2D eigenvalue weighted by Gasteiger charge is 2.02. The van der Waals surface area contributed by atoms with Crippen LogP contribution in [-0.2, 0) is 11.3 Å². The van der Waals surface area contributed by atoms with Crippen LogP contribution in [0, 0.1) is 0 Å². The van der Waals surface area contributed by atoms with Gasteiger partial charge in [-0.3, -0.25) is 4.99 Å². The summed E-state index contributed by atoms with van der Waals surface area (Å²) in [6.45, 7) is 8.37. The van der Waals surface area contributed by atoms with Crippen molar-refractivity contribution in [3.63, 3.8) is 0 Å². The molecule has 0 aliphatic heterocycles. The molecule has 2 rings (SSSR count). The Bertz CT molecular complexity index is 684. The number of aryl methyl sites for hydroxylation is 1. The Morgan fingerprint density at radius 1 is 1.22 bits per heavy atom. The van der Waals surface area contributed by atoms with Gasteiger partial charge >= 0.3 is 0 Å². The molecule has 7 heteroatoms. The third kappa shape index (κ3) is 7.56. The first-order valence-electron chi connectivity index (χ1n) is 9.84. The lowest BCUT2D eigenvalue weighted by Crippen LogP contribution is -2.41. The van der Waals surface area contributed by atoms with Gasteiger partial charge in [-0.15, -0.1) is 0 Å². The van der Waals surface area contributed by atoms with Gasteiger partial charge in [-0.2, -0.15) is 0 Å². The number of nitrogens with one attached hydrogen (secondary N) is 2. The molecule has 0 aliphatic rings. The van der Waals surface area contributed by atoms with E-state index in [4.69, 9.17) is 4.74 Å². The van der Waals surface area contributed by atoms with E-state index in [-0.39, 0.29) is 0 Å². The Morgan fingerprint density at radius 2 is 2.07 bits per heavy atom. The molecule has 0 bridgehead atoms. The largest absolute Gasteiger partial charge is 0.385 e. The third-order valence-corrected chi connectivity index (χ3v) is 4.37. The van der Waals surface area contributed by atoms with Crippen molar-refractivity contribution in [2.75, 3.05) is 53.5 Å². The molecule has 2 aromatic rings. The third-order valence-electron chi connectivity index (χ3n) is 4.37. The van der Waals surface area contributed by atoms with Crippen molar-refractivity contribution >= 4 is 17.0 Å². The Kier molecular flexibility index (Phi) is 9.65. The number of benzene rings is 1. The normalized spacial score (nSPS) is 12.1. The molecule has 1 aromatic carbocycles. The summed E-state index contributed by atoms with van der Waals surface area (Å²) in [7, 11) is 3.88. The van der Waals surface area contributed by atoms with Crippen molar-refractivity contribution in [3.05, 3.63) is 30.6 Å². The Hall–Kier alpha value is -2.12. The molecule has 0 amide bonds. The number of rotatable bonds is 12. The van der Waals surface area contributed by atoms with Crippen LogP contribution in [0.3, 0.4) is 0 Å². The number of para-hydroxylation sites is 2. The molecule has 0 saturated carbocycles. The number of aromatic nitrogens is 2. The summed E-state index contributed by atoms with van der Waals surface area (Å²) < 4.78 is 7.29. The molecular weight excluding hydrogens is 340 g/mol. The minimum Gasteiger partial charge on any atom is -0.385 e. The number of hydrogen-bond donors (Lipinski definition) is 2. The highest BCUT2D eigenvalue weighted by atomic mass is 16.5. The SMILES string of the molecule is CCNC(=NCCCn1cnc2ccccc21)NCCN(C)CCCOC. The minimum atomic E-state index is 0.783. The average molecular weight is 375 g/mol. The molecule has 0 fully saturated rings. The van der Waals surface area contributed by atoms with Gasteiger partial charge in [-0.05, 0) is 38.9 Å². The first kappa shape index (κ1) is 21.2. The summed E-state index contributed by atoms with van der Waals surface area (Å²) in [5.41, 5.74) is 2.23. The van der Waals surface area contributed by atoms with Crippen LogP contribution >= 0.6 is 0 Å². The van der Waals surface area contributed by atoms with E-state index in [0.717, 1.165) is 70.2 Å². The lowest BCUT2D eigenvalue weighted by molar-refractivity contribution is 0.180. The molecule has 1 aromatic heterocycles. The zero-order chi connectivity index (χ0) is 19.3. The van der Waals surface area contributed by atoms with Crippen LogP contribution in [0.4, 0.5) is 0 Å². The maximum absolute atomic E-state index is 5.10. The highest BCUT2D eigenvalue weighted by molar-refractivity contribution is 5.79. The lowest BCUT2D eigenvalue weighted by atomic mass is 10.3. The highest BCUT2D eigenvalue weighted by Crippen LogP contribution is 2.11. The van der Waals surface area contributed by atoms with Crippen LogP contribution in [-0.4, -0.2) is 73.9 Å². The van der Waals surface area contributed by atoms with Gasteiger partial charge in [-0.25, -0.2) is 4.98 Å². The number of guanidine groups is 1. The smallest absolute Gasteiger partial charge is 0.191 e. The van der Waals surface area contributed by atoms with E-state index in [0.29, 0.717) is 0 Å². The summed E-state index contributed by atoms with van der Waals surface area (Å²) in [4.78, 5) is 11.4. The van der Waals surface area contributed by atoms with E-state index in [1.165, 1.54) is 5.52 Å². The van der Waals surface area contributed by atoms with Gasteiger partial charge in [0.25, 0.3) is 0 Å². The molecular formula is C20H34N6O. The van der Waals surface area contributed by atoms with Crippen molar-refractivity contribution < 1.29 is 4.74 Å². The van der Waals surface area contributed by atoms with Crippen molar-refractivity contribution in [1.82, 2.24) is 25.1 Å². The quantitative estimate of drug-likeness (QED) is 0.338. The molecule has 0 aliphatic carbocycles. The average Bonchev–Trinajstić information content (AvgIpc) is 3.08. The van der Waals surface area contributed by atoms with Gasteiger partial charge in [0.1, 0.15) is 0 Å². The maximum Gasteiger partial charge on any atom is 0.191 e. The van der Waals surface area contributed by atoms with Crippen molar-refractivity contribution in [1.29, 1.82) is 0 Å². The standard InChI is InChI=1S/C20H34N6O/c1-4-21-20(23-12-15-25(2)13-8-16-27-3)22-11-7-14-26-17-24-18-9-5-6-10-19(18)26/h5-6,9-10,17H,4,7-8,11-16H2,1-3H3,(H2,21,22,23). The topological polar surface area (TPSA) is 66.7 Å². The van der Waals surface area contributed by atoms with E-state index >= 15 is 0 Å². The summed E-state index contributed by atoms with van der Waals surface area (Å²) in [5.74, 6) is 0.887.